The number of benzene rings is 3. The van der Waals surface area contributed by atoms with Gasteiger partial charge in [-0.05, 0) is 42.7 Å². The maximum absolute atomic E-state index is 14.0. The summed E-state index contributed by atoms with van der Waals surface area (Å²) < 4.78 is 26.6. The Kier molecular flexibility index (Phi) is 10.8. The van der Waals surface area contributed by atoms with Gasteiger partial charge in [0.1, 0.15) is 12.6 Å². The molecule has 1 N–H and O–H groups in total. The van der Waals surface area contributed by atoms with Crippen LogP contribution in [0.15, 0.2) is 78.9 Å². The highest BCUT2D eigenvalue weighted by Gasteiger charge is 2.33. The third-order valence-corrected chi connectivity index (χ3v) is 7.99. The molecule has 0 heterocycles. The molecule has 0 saturated carbocycles. The van der Waals surface area contributed by atoms with Crippen LogP contribution in [0.25, 0.3) is 0 Å². The highest BCUT2D eigenvalue weighted by molar-refractivity contribution is 7.92. The number of carbonyl (C=O) groups excluding carboxylic acids is 2. The summed E-state index contributed by atoms with van der Waals surface area (Å²) in [6.07, 6.45) is 1.97. The van der Waals surface area contributed by atoms with E-state index in [9.17, 15) is 18.0 Å². The molecule has 0 radical (unpaired) electrons. The first-order valence-electron chi connectivity index (χ1n) is 12.6. The van der Waals surface area contributed by atoms with Crippen molar-refractivity contribution in [3.8, 4) is 0 Å². The summed E-state index contributed by atoms with van der Waals surface area (Å²) in [5.74, 6) is -0.858. The Hall–Kier alpha value is -3.07. The van der Waals surface area contributed by atoms with Crippen molar-refractivity contribution in [1.82, 2.24) is 10.2 Å². The van der Waals surface area contributed by atoms with Crippen LogP contribution in [0.2, 0.25) is 10.0 Å². The van der Waals surface area contributed by atoms with Gasteiger partial charge >= 0.3 is 0 Å². The molecule has 2 atom stereocenters. The molecule has 0 spiro atoms. The lowest BCUT2D eigenvalue weighted by Crippen LogP contribution is -2.54. The monoisotopic (exact) mass is 589 g/mol. The van der Waals surface area contributed by atoms with Crippen LogP contribution in [0.4, 0.5) is 5.69 Å². The molecule has 3 aromatic carbocycles. The van der Waals surface area contributed by atoms with Crippen molar-refractivity contribution in [2.45, 2.75) is 45.3 Å². The van der Waals surface area contributed by atoms with Crippen molar-refractivity contribution >= 4 is 50.7 Å². The average molecular weight is 591 g/mol. The molecule has 2 amide bonds. The van der Waals surface area contributed by atoms with E-state index in [2.05, 4.69) is 5.32 Å². The molecule has 3 rings (SSSR count). The maximum atomic E-state index is 14.0. The molecule has 10 heteroatoms. The van der Waals surface area contributed by atoms with Crippen LogP contribution in [-0.2, 0) is 32.6 Å². The SMILES string of the molecule is CC[C@H](C)NC(=O)[C@H](Cc1ccccc1)N(Cc1ccccc1)C(=O)CN(c1ccc(Cl)cc1Cl)S(C)(=O)=O. The number of anilines is 1. The van der Waals surface area contributed by atoms with Gasteiger partial charge in [-0.1, -0.05) is 90.8 Å². The van der Waals surface area contributed by atoms with E-state index in [-0.39, 0.29) is 35.6 Å². The van der Waals surface area contributed by atoms with E-state index in [0.717, 1.165) is 21.7 Å². The van der Waals surface area contributed by atoms with Crippen molar-refractivity contribution in [3.05, 3.63) is 100 Å². The van der Waals surface area contributed by atoms with Crippen molar-refractivity contribution < 1.29 is 18.0 Å². The molecule has 39 heavy (non-hydrogen) atoms. The van der Waals surface area contributed by atoms with Crippen LogP contribution in [-0.4, -0.2) is 50.0 Å². The first-order chi connectivity index (χ1) is 18.5. The minimum atomic E-state index is -3.92. The van der Waals surface area contributed by atoms with E-state index in [1.54, 1.807) is 0 Å². The lowest BCUT2D eigenvalue weighted by atomic mass is 10.0. The zero-order valence-corrected chi connectivity index (χ0v) is 24.5. The third-order valence-electron chi connectivity index (χ3n) is 6.33. The third kappa shape index (κ3) is 8.71. The zero-order chi connectivity index (χ0) is 28.6. The van der Waals surface area contributed by atoms with Crippen LogP contribution in [0.3, 0.4) is 0 Å². The van der Waals surface area contributed by atoms with Crippen molar-refractivity contribution in [3.63, 3.8) is 0 Å². The first-order valence-corrected chi connectivity index (χ1v) is 15.2. The predicted octanol–water partition coefficient (Wildman–Crippen LogP) is 5.31. The summed E-state index contributed by atoms with van der Waals surface area (Å²) in [4.78, 5) is 29.1. The van der Waals surface area contributed by atoms with Crippen LogP contribution in [0.1, 0.15) is 31.4 Å². The number of nitrogens with one attached hydrogen (secondary N) is 1. The first kappa shape index (κ1) is 30.5. The molecule has 0 bridgehead atoms. The number of carbonyl (C=O) groups is 2. The molecule has 7 nitrogen and oxygen atoms in total. The number of sulfonamides is 1. The van der Waals surface area contributed by atoms with Crippen LogP contribution in [0.5, 0.6) is 0 Å². The smallest absolute Gasteiger partial charge is 0.244 e. The quantitative estimate of drug-likeness (QED) is 0.310. The minimum absolute atomic E-state index is 0.0886. The van der Waals surface area contributed by atoms with E-state index in [4.69, 9.17) is 23.2 Å². The van der Waals surface area contributed by atoms with Crippen LogP contribution in [0, 0.1) is 0 Å². The molecular formula is C29H33Cl2N3O4S. The normalized spacial score (nSPS) is 12.8. The van der Waals surface area contributed by atoms with E-state index in [1.807, 2.05) is 74.5 Å². The van der Waals surface area contributed by atoms with Gasteiger partial charge in [0, 0.05) is 24.0 Å². The minimum Gasteiger partial charge on any atom is -0.352 e. The number of nitrogens with zero attached hydrogens (tertiary/aromatic N) is 2. The Morgan fingerprint density at radius 2 is 1.51 bits per heavy atom. The van der Waals surface area contributed by atoms with Gasteiger partial charge in [-0.3, -0.25) is 13.9 Å². The second-order valence-corrected chi connectivity index (χ2v) is 12.1. The Morgan fingerprint density at radius 3 is 2.05 bits per heavy atom. The van der Waals surface area contributed by atoms with Crippen molar-refractivity contribution in [1.29, 1.82) is 0 Å². The number of amides is 2. The molecular weight excluding hydrogens is 557 g/mol. The van der Waals surface area contributed by atoms with E-state index >= 15 is 0 Å². The van der Waals surface area contributed by atoms with E-state index in [1.165, 1.54) is 23.1 Å². The Morgan fingerprint density at radius 1 is 0.923 bits per heavy atom. The molecule has 0 aliphatic heterocycles. The van der Waals surface area contributed by atoms with Crippen LogP contribution >= 0.6 is 23.2 Å². The summed E-state index contributed by atoms with van der Waals surface area (Å²) in [6, 6.07) is 22.1. The van der Waals surface area contributed by atoms with Gasteiger partial charge in [0.15, 0.2) is 0 Å². The van der Waals surface area contributed by atoms with Gasteiger partial charge in [0.25, 0.3) is 0 Å². The Balaban J connectivity index is 2.06. The van der Waals surface area contributed by atoms with Crippen molar-refractivity contribution in [2.24, 2.45) is 0 Å². The number of hydrogen-bond acceptors (Lipinski definition) is 4. The molecule has 0 aliphatic carbocycles. The molecule has 3 aromatic rings. The topological polar surface area (TPSA) is 86.8 Å². The molecule has 0 aliphatic rings. The summed E-state index contributed by atoms with van der Waals surface area (Å²) in [5, 5.41) is 3.42. The fourth-order valence-corrected chi connectivity index (χ4v) is 5.48. The van der Waals surface area contributed by atoms with Crippen molar-refractivity contribution in [2.75, 3.05) is 17.1 Å². The van der Waals surface area contributed by atoms with Crippen LogP contribution < -0.4 is 9.62 Å². The lowest BCUT2D eigenvalue weighted by Gasteiger charge is -2.34. The number of halogens is 2. The Labute approximate surface area is 240 Å². The second kappa shape index (κ2) is 13.8. The van der Waals surface area contributed by atoms with E-state index < -0.39 is 28.5 Å². The van der Waals surface area contributed by atoms with Gasteiger partial charge in [0.2, 0.25) is 21.8 Å². The van der Waals surface area contributed by atoms with Gasteiger partial charge in [-0.25, -0.2) is 8.42 Å². The number of hydrogen-bond donors (Lipinski definition) is 1. The molecule has 0 unspecified atom stereocenters. The lowest BCUT2D eigenvalue weighted by molar-refractivity contribution is -0.140. The molecule has 0 fully saturated rings. The summed E-state index contributed by atoms with van der Waals surface area (Å²) in [7, 11) is -3.92. The molecule has 0 aromatic heterocycles. The Bertz CT molecular complexity index is 1370. The highest BCUT2D eigenvalue weighted by Crippen LogP contribution is 2.30. The highest BCUT2D eigenvalue weighted by atomic mass is 35.5. The zero-order valence-electron chi connectivity index (χ0n) is 22.2. The van der Waals surface area contributed by atoms with Gasteiger partial charge in [-0.2, -0.15) is 0 Å². The molecule has 0 saturated heterocycles. The summed E-state index contributed by atoms with van der Waals surface area (Å²) >= 11 is 12.4. The predicted molar refractivity (Wildman–Crippen MR) is 157 cm³/mol. The standard InChI is InChI=1S/C29H33Cl2N3O4S/c1-4-21(2)32-29(36)27(17-22-11-7-5-8-12-22)33(19-23-13-9-6-10-14-23)28(35)20-34(39(3,37)38)26-16-15-24(30)18-25(26)31/h5-16,18,21,27H,4,17,19-20H2,1-3H3,(H,32,36)/t21-,27-/m0/s1. The average Bonchev–Trinajstić information content (AvgIpc) is 2.90. The largest absolute Gasteiger partial charge is 0.352 e. The fourth-order valence-electron chi connectivity index (χ4n) is 4.05. The summed E-state index contributed by atoms with van der Waals surface area (Å²) in [6.45, 7) is 3.42. The van der Waals surface area contributed by atoms with Gasteiger partial charge in [-0.15, -0.1) is 0 Å². The molecule has 208 valence electrons. The van der Waals surface area contributed by atoms with Gasteiger partial charge < -0.3 is 10.2 Å². The van der Waals surface area contributed by atoms with Gasteiger partial charge in [0.05, 0.1) is 17.0 Å². The second-order valence-electron chi connectivity index (χ2n) is 9.40. The maximum Gasteiger partial charge on any atom is 0.244 e. The summed E-state index contributed by atoms with van der Waals surface area (Å²) in [5.41, 5.74) is 1.80. The number of rotatable bonds is 12. The van der Waals surface area contributed by atoms with E-state index in [0.29, 0.717) is 11.4 Å². The fraction of sp³-hybridized carbons (Fsp3) is 0.310.